The maximum absolute atomic E-state index is 13.1. The second-order valence-electron chi connectivity index (χ2n) is 6.10. The van der Waals surface area contributed by atoms with Crippen molar-refractivity contribution in [2.24, 2.45) is 5.92 Å². The Hall–Kier alpha value is -2.21. The van der Waals surface area contributed by atoms with Crippen molar-refractivity contribution in [2.45, 2.75) is 39.7 Å². The van der Waals surface area contributed by atoms with Crippen LogP contribution in [0.1, 0.15) is 31.5 Å². The number of aromatic nitrogens is 2. The van der Waals surface area contributed by atoms with Gasteiger partial charge in [0.05, 0.1) is 24.8 Å². The third-order valence-corrected chi connectivity index (χ3v) is 4.40. The largest absolute Gasteiger partial charge is 0.394 e. The van der Waals surface area contributed by atoms with E-state index < -0.39 is 0 Å². The topological polar surface area (TPSA) is 78.0 Å². The monoisotopic (exact) mass is 333 g/mol. The Morgan fingerprint density at radius 1 is 1.38 bits per heavy atom. The highest BCUT2D eigenvalue weighted by Crippen LogP contribution is 2.24. The van der Waals surface area contributed by atoms with Gasteiger partial charge in [0.2, 0.25) is 5.91 Å². The molecule has 24 heavy (non-hydrogen) atoms. The van der Waals surface area contributed by atoms with E-state index in [0.29, 0.717) is 5.69 Å². The molecule has 1 heterocycles. The van der Waals surface area contributed by atoms with E-state index >= 15 is 0 Å². The summed E-state index contributed by atoms with van der Waals surface area (Å²) in [6.07, 6.45) is 1.03. The lowest BCUT2D eigenvalue weighted by Gasteiger charge is -2.22. The Labute approximate surface area is 141 Å². The molecule has 5 nitrogen and oxygen atoms in total. The second-order valence-corrected chi connectivity index (χ2v) is 6.10. The van der Waals surface area contributed by atoms with Gasteiger partial charge in [-0.2, -0.15) is 5.10 Å². The number of hydrogen-bond donors (Lipinski definition) is 3. The number of aromatic amines is 1. The molecule has 0 saturated heterocycles. The molecule has 0 unspecified atom stereocenters. The van der Waals surface area contributed by atoms with Gasteiger partial charge in [-0.1, -0.05) is 20.3 Å². The van der Waals surface area contributed by atoms with E-state index in [1.54, 1.807) is 12.1 Å². The third kappa shape index (κ3) is 4.20. The first-order valence-corrected chi connectivity index (χ1v) is 8.16. The van der Waals surface area contributed by atoms with E-state index in [-0.39, 0.29) is 36.7 Å². The molecule has 0 radical (unpaired) electrons. The van der Waals surface area contributed by atoms with Crippen molar-refractivity contribution in [1.29, 1.82) is 0 Å². The van der Waals surface area contributed by atoms with Crippen molar-refractivity contribution in [3.63, 3.8) is 0 Å². The summed E-state index contributed by atoms with van der Waals surface area (Å²) in [5.41, 5.74) is 2.98. The number of nitrogens with one attached hydrogen (secondary N) is 2. The maximum atomic E-state index is 13.1. The van der Waals surface area contributed by atoms with Crippen molar-refractivity contribution >= 4 is 5.91 Å². The maximum Gasteiger partial charge on any atom is 0.224 e. The average Bonchev–Trinajstić information content (AvgIpc) is 2.93. The number of carbonyl (C=O) groups excluding carboxylic acids is 1. The average molecular weight is 333 g/mol. The van der Waals surface area contributed by atoms with E-state index in [1.807, 2.05) is 20.8 Å². The predicted molar refractivity (Wildman–Crippen MR) is 90.9 cm³/mol. The molecule has 0 aliphatic rings. The highest BCUT2D eigenvalue weighted by atomic mass is 19.1. The fourth-order valence-corrected chi connectivity index (χ4v) is 2.59. The van der Waals surface area contributed by atoms with Gasteiger partial charge in [0.25, 0.3) is 0 Å². The Morgan fingerprint density at radius 2 is 2.04 bits per heavy atom. The van der Waals surface area contributed by atoms with Crippen LogP contribution in [-0.2, 0) is 11.2 Å². The standard InChI is InChI=1S/C18H24FN3O2/c1-4-11(2)16(10-23)20-17(24)9-15-12(3)21-22-18(15)13-5-7-14(19)8-6-13/h5-8,11,16,23H,4,9-10H2,1-3H3,(H,20,24)(H,21,22)/t11-,16+/m0/s1. The summed E-state index contributed by atoms with van der Waals surface area (Å²) in [6.45, 7) is 5.78. The Balaban J connectivity index is 2.16. The lowest BCUT2D eigenvalue weighted by Crippen LogP contribution is -2.42. The Morgan fingerprint density at radius 3 is 2.62 bits per heavy atom. The quantitative estimate of drug-likeness (QED) is 0.729. The summed E-state index contributed by atoms with van der Waals surface area (Å²) in [7, 11) is 0. The van der Waals surface area contributed by atoms with Gasteiger partial charge in [0, 0.05) is 16.8 Å². The molecule has 2 rings (SSSR count). The van der Waals surface area contributed by atoms with Crippen LogP contribution in [0.5, 0.6) is 0 Å². The van der Waals surface area contributed by atoms with Gasteiger partial charge in [0.1, 0.15) is 5.82 Å². The second kappa shape index (κ2) is 8.06. The van der Waals surface area contributed by atoms with E-state index in [9.17, 15) is 14.3 Å². The molecule has 2 aromatic rings. The molecule has 0 aliphatic carbocycles. The number of halogens is 1. The van der Waals surface area contributed by atoms with Crippen LogP contribution in [0.4, 0.5) is 4.39 Å². The number of aryl methyl sites for hydroxylation is 1. The molecular formula is C18H24FN3O2. The molecule has 0 bridgehead atoms. The molecule has 0 spiro atoms. The van der Waals surface area contributed by atoms with Gasteiger partial charge in [-0.25, -0.2) is 4.39 Å². The van der Waals surface area contributed by atoms with E-state index in [2.05, 4.69) is 15.5 Å². The van der Waals surface area contributed by atoms with Crippen LogP contribution in [0.15, 0.2) is 24.3 Å². The minimum absolute atomic E-state index is 0.0874. The minimum Gasteiger partial charge on any atom is -0.394 e. The zero-order valence-corrected chi connectivity index (χ0v) is 14.3. The molecule has 0 fully saturated rings. The summed E-state index contributed by atoms with van der Waals surface area (Å²) in [4.78, 5) is 12.4. The van der Waals surface area contributed by atoms with Crippen molar-refractivity contribution in [3.8, 4) is 11.3 Å². The van der Waals surface area contributed by atoms with E-state index in [0.717, 1.165) is 23.2 Å². The molecule has 3 N–H and O–H groups in total. The Bertz CT molecular complexity index is 682. The Kier molecular flexibility index (Phi) is 6.09. The number of aliphatic hydroxyl groups excluding tert-OH is 1. The lowest BCUT2D eigenvalue weighted by atomic mass is 9.99. The number of benzene rings is 1. The minimum atomic E-state index is -0.315. The number of aliphatic hydroxyl groups is 1. The summed E-state index contributed by atoms with van der Waals surface area (Å²) in [5, 5.41) is 19.5. The van der Waals surface area contributed by atoms with E-state index in [1.165, 1.54) is 12.1 Å². The van der Waals surface area contributed by atoms with Crippen molar-refractivity contribution in [3.05, 3.63) is 41.3 Å². The number of hydrogen-bond acceptors (Lipinski definition) is 3. The van der Waals surface area contributed by atoms with E-state index in [4.69, 9.17) is 0 Å². The molecule has 1 amide bonds. The molecule has 130 valence electrons. The molecular weight excluding hydrogens is 309 g/mol. The van der Waals surface area contributed by atoms with Gasteiger partial charge in [-0.05, 0) is 37.1 Å². The van der Waals surface area contributed by atoms with Crippen LogP contribution in [0.2, 0.25) is 0 Å². The highest BCUT2D eigenvalue weighted by Gasteiger charge is 2.20. The smallest absolute Gasteiger partial charge is 0.224 e. The van der Waals surface area contributed by atoms with Gasteiger partial charge >= 0.3 is 0 Å². The number of amides is 1. The van der Waals surface area contributed by atoms with Crippen LogP contribution in [0.3, 0.4) is 0 Å². The molecule has 6 heteroatoms. The number of nitrogens with zero attached hydrogens (tertiary/aromatic N) is 1. The van der Waals surface area contributed by atoms with Crippen LogP contribution in [0, 0.1) is 18.7 Å². The molecule has 0 saturated carbocycles. The predicted octanol–water partition coefficient (Wildman–Crippen LogP) is 2.59. The fraction of sp³-hybridized carbons (Fsp3) is 0.444. The molecule has 2 atom stereocenters. The van der Waals surface area contributed by atoms with Crippen LogP contribution >= 0.6 is 0 Å². The summed E-state index contributed by atoms with van der Waals surface area (Å²) in [5.74, 6) is -0.284. The third-order valence-electron chi connectivity index (χ3n) is 4.40. The van der Waals surface area contributed by atoms with Crippen LogP contribution in [-0.4, -0.2) is 33.9 Å². The first-order valence-electron chi connectivity index (χ1n) is 8.16. The molecule has 1 aromatic heterocycles. The van der Waals surface area contributed by atoms with Gasteiger partial charge in [0.15, 0.2) is 0 Å². The van der Waals surface area contributed by atoms with Crippen LogP contribution in [0.25, 0.3) is 11.3 Å². The van der Waals surface area contributed by atoms with Gasteiger partial charge < -0.3 is 10.4 Å². The fourth-order valence-electron chi connectivity index (χ4n) is 2.59. The lowest BCUT2D eigenvalue weighted by molar-refractivity contribution is -0.121. The first-order chi connectivity index (χ1) is 11.5. The summed E-state index contributed by atoms with van der Waals surface area (Å²) < 4.78 is 13.1. The number of H-pyrrole nitrogens is 1. The van der Waals surface area contributed by atoms with Crippen molar-refractivity contribution < 1.29 is 14.3 Å². The summed E-state index contributed by atoms with van der Waals surface area (Å²) >= 11 is 0. The first kappa shape index (κ1) is 18.1. The number of rotatable bonds is 7. The normalized spacial score (nSPS) is 13.5. The number of carbonyl (C=O) groups is 1. The zero-order chi connectivity index (χ0) is 17.7. The zero-order valence-electron chi connectivity index (χ0n) is 14.3. The highest BCUT2D eigenvalue weighted by molar-refractivity contribution is 5.81. The van der Waals surface area contributed by atoms with Crippen LogP contribution < -0.4 is 5.32 Å². The van der Waals surface area contributed by atoms with Crippen molar-refractivity contribution in [2.75, 3.05) is 6.61 Å². The molecule has 1 aromatic carbocycles. The van der Waals surface area contributed by atoms with Crippen molar-refractivity contribution in [1.82, 2.24) is 15.5 Å². The van der Waals surface area contributed by atoms with Gasteiger partial charge in [-0.3, -0.25) is 9.89 Å². The molecule has 0 aliphatic heterocycles. The van der Waals surface area contributed by atoms with Gasteiger partial charge in [-0.15, -0.1) is 0 Å². The summed E-state index contributed by atoms with van der Waals surface area (Å²) in [6, 6.07) is 5.76. The SMILES string of the molecule is CC[C@H](C)[C@@H](CO)NC(=O)Cc1c(-c2ccc(F)cc2)n[nH]c1C.